The van der Waals surface area contributed by atoms with Crippen molar-refractivity contribution in [2.24, 2.45) is 5.41 Å². The molecular weight excluding hydrogens is 154 g/mol. The Morgan fingerprint density at radius 3 is 3.00 bits per heavy atom. The van der Waals surface area contributed by atoms with Crippen LogP contribution in [0.15, 0.2) is 0 Å². The van der Waals surface area contributed by atoms with Crippen molar-refractivity contribution in [3.05, 3.63) is 0 Å². The van der Waals surface area contributed by atoms with Crippen molar-refractivity contribution in [1.29, 1.82) is 0 Å². The van der Waals surface area contributed by atoms with Crippen molar-refractivity contribution in [2.45, 2.75) is 38.0 Å². The Balaban J connectivity index is 2.10. The number of fused-ring (bicyclic) bond motifs is 1. The largest absolute Gasteiger partial charge is 0.312 e. The smallest absolute Gasteiger partial charge is 0.0237 e. The van der Waals surface area contributed by atoms with Gasteiger partial charge >= 0.3 is 0 Å². The lowest BCUT2D eigenvalue weighted by Gasteiger charge is -2.34. The van der Waals surface area contributed by atoms with Gasteiger partial charge in [-0.2, -0.15) is 11.8 Å². The van der Waals surface area contributed by atoms with Crippen molar-refractivity contribution < 1.29 is 0 Å². The Bertz CT molecular complexity index is 156. The molecule has 0 aromatic heterocycles. The summed E-state index contributed by atoms with van der Waals surface area (Å²) in [5.74, 6) is 1.32. The summed E-state index contributed by atoms with van der Waals surface area (Å²) in [5, 5.41) is 4.57. The maximum atomic E-state index is 3.65. The Hall–Kier alpha value is 0.310. The van der Waals surface area contributed by atoms with Crippen LogP contribution >= 0.6 is 11.8 Å². The minimum Gasteiger partial charge on any atom is -0.312 e. The molecule has 2 heteroatoms. The van der Waals surface area contributed by atoms with Gasteiger partial charge in [-0.1, -0.05) is 13.8 Å². The molecule has 1 N–H and O–H groups in total. The van der Waals surface area contributed by atoms with Crippen LogP contribution in [0.1, 0.15) is 26.7 Å². The summed E-state index contributed by atoms with van der Waals surface area (Å²) in [7, 11) is 0. The molecule has 0 amide bonds. The van der Waals surface area contributed by atoms with Gasteiger partial charge in [0.2, 0.25) is 0 Å². The molecule has 64 valence electrons. The lowest BCUT2D eigenvalue weighted by atomic mass is 9.87. The lowest BCUT2D eigenvalue weighted by Crippen LogP contribution is -2.47. The summed E-state index contributed by atoms with van der Waals surface area (Å²) in [5.41, 5.74) is 0.554. The number of nitrogens with one attached hydrogen (secondary N) is 1. The molecule has 0 bridgehead atoms. The van der Waals surface area contributed by atoms with E-state index in [2.05, 4.69) is 30.9 Å². The molecule has 1 saturated carbocycles. The van der Waals surface area contributed by atoms with Gasteiger partial charge in [0, 0.05) is 23.6 Å². The summed E-state index contributed by atoms with van der Waals surface area (Å²) in [6.45, 7) is 6.02. The highest BCUT2D eigenvalue weighted by molar-refractivity contribution is 8.00. The molecule has 1 aliphatic carbocycles. The normalized spacial score (nSPS) is 42.0. The fourth-order valence-electron chi connectivity index (χ4n) is 2.35. The lowest BCUT2D eigenvalue weighted by molar-refractivity contribution is 0.288. The predicted molar refractivity (Wildman–Crippen MR) is 51.1 cm³/mol. The van der Waals surface area contributed by atoms with Crippen molar-refractivity contribution in [3.63, 3.8) is 0 Å². The second-order valence-corrected chi connectivity index (χ2v) is 5.72. The Morgan fingerprint density at radius 2 is 2.27 bits per heavy atom. The second-order valence-electron chi connectivity index (χ2n) is 4.37. The molecule has 2 unspecified atom stereocenters. The molecule has 0 aromatic carbocycles. The van der Waals surface area contributed by atoms with Gasteiger partial charge in [0.1, 0.15) is 0 Å². The highest BCUT2D eigenvalue weighted by atomic mass is 32.2. The van der Waals surface area contributed by atoms with Gasteiger partial charge < -0.3 is 5.32 Å². The van der Waals surface area contributed by atoms with E-state index in [-0.39, 0.29) is 0 Å². The third-order valence-corrected chi connectivity index (χ3v) is 4.46. The van der Waals surface area contributed by atoms with Gasteiger partial charge in [-0.3, -0.25) is 0 Å². The Labute approximate surface area is 73.3 Å². The minimum atomic E-state index is 0.554. The standard InChI is InChI=1S/C9H17NS/c1-9(2)4-3-7-8(9)10-5-6-11-7/h7-8,10H,3-6H2,1-2H3. The summed E-state index contributed by atoms with van der Waals surface area (Å²) >= 11 is 2.17. The van der Waals surface area contributed by atoms with Crippen LogP contribution in [0.25, 0.3) is 0 Å². The average molecular weight is 171 g/mol. The first-order valence-electron chi connectivity index (χ1n) is 4.55. The summed E-state index contributed by atoms with van der Waals surface area (Å²) in [6, 6.07) is 0.793. The topological polar surface area (TPSA) is 12.0 Å². The molecule has 1 saturated heterocycles. The van der Waals surface area contributed by atoms with E-state index in [0.29, 0.717) is 5.41 Å². The highest BCUT2D eigenvalue weighted by Gasteiger charge is 2.42. The van der Waals surface area contributed by atoms with Crippen molar-refractivity contribution in [3.8, 4) is 0 Å². The molecule has 2 aliphatic rings. The van der Waals surface area contributed by atoms with Gasteiger partial charge in [0.05, 0.1) is 0 Å². The fourth-order valence-corrected chi connectivity index (χ4v) is 3.83. The molecule has 1 heterocycles. The van der Waals surface area contributed by atoms with Crippen LogP contribution in [0, 0.1) is 5.41 Å². The van der Waals surface area contributed by atoms with E-state index >= 15 is 0 Å². The molecule has 0 radical (unpaired) electrons. The molecule has 1 nitrogen and oxygen atoms in total. The van der Waals surface area contributed by atoms with Crippen LogP contribution < -0.4 is 5.32 Å². The molecule has 0 spiro atoms. The van der Waals surface area contributed by atoms with Crippen LogP contribution in [-0.2, 0) is 0 Å². The van der Waals surface area contributed by atoms with E-state index in [0.717, 1.165) is 11.3 Å². The molecule has 0 aromatic rings. The van der Waals surface area contributed by atoms with Gasteiger partial charge in [-0.05, 0) is 18.3 Å². The van der Waals surface area contributed by atoms with Gasteiger partial charge in [0.25, 0.3) is 0 Å². The monoisotopic (exact) mass is 171 g/mol. The third kappa shape index (κ3) is 1.31. The molecule has 2 rings (SSSR count). The maximum absolute atomic E-state index is 3.65. The zero-order valence-electron chi connectivity index (χ0n) is 7.39. The number of thioether (sulfide) groups is 1. The van der Waals surface area contributed by atoms with E-state index in [1.807, 2.05) is 0 Å². The number of hydrogen-bond acceptors (Lipinski definition) is 2. The number of rotatable bonds is 0. The van der Waals surface area contributed by atoms with Crippen LogP contribution in [0.5, 0.6) is 0 Å². The first kappa shape index (κ1) is 7.93. The SMILES string of the molecule is CC1(C)CCC2SCCNC21. The van der Waals surface area contributed by atoms with Crippen molar-refractivity contribution in [1.82, 2.24) is 5.32 Å². The van der Waals surface area contributed by atoms with Crippen LogP contribution in [0.2, 0.25) is 0 Å². The molecule has 2 fully saturated rings. The minimum absolute atomic E-state index is 0.554. The van der Waals surface area contributed by atoms with E-state index in [1.165, 1.54) is 25.1 Å². The first-order valence-corrected chi connectivity index (χ1v) is 5.60. The molecule has 1 aliphatic heterocycles. The van der Waals surface area contributed by atoms with Gasteiger partial charge in [-0.25, -0.2) is 0 Å². The summed E-state index contributed by atoms with van der Waals surface area (Å²) in [6.07, 6.45) is 2.83. The highest BCUT2D eigenvalue weighted by Crippen LogP contribution is 2.44. The van der Waals surface area contributed by atoms with Crippen molar-refractivity contribution >= 4 is 11.8 Å². The Kier molecular flexibility index (Phi) is 1.92. The van der Waals surface area contributed by atoms with Gasteiger partial charge in [-0.15, -0.1) is 0 Å². The molecular formula is C9H17NS. The third-order valence-electron chi connectivity index (χ3n) is 3.09. The first-order chi connectivity index (χ1) is 5.20. The van der Waals surface area contributed by atoms with E-state index in [4.69, 9.17) is 0 Å². The summed E-state index contributed by atoms with van der Waals surface area (Å²) < 4.78 is 0. The summed E-state index contributed by atoms with van der Waals surface area (Å²) in [4.78, 5) is 0. The van der Waals surface area contributed by atoms with Crippen LogP contribution in [-0.4, -0.2) is 23.6 Å². The van der Waals surface area contributed by atoms with E-state index < -0.39 is 0 Å². The maximum Gasteiger partial charge on any atom is 0.0237 e. The zero-order chi connectivity index (χ0) is 7.90. The quantitative estimate of drug-likeness (QED) is 0.597. The Morgan fingerprint density at radius 1 is 1.45 bits per heavy atom. The van der Waals surface area contributed by atoms with E-state index in [9.17, 15) is 0 Å². The fraction of sp³-hybridized carbons (Fsp3) is 1.00. The zero-order valence-corrected chi connectivity index (χ0v) is 8.21. The van der Waals surface area contributed by atoms with Crippen LogP contribution in [0.3, 0.4) is 0 Å². The second kappa shape index (κ2) is 2.67. The predicted octanol–water partition coefficient (Wildman–Crippen LogP) is 1.88. The number of hydrogen-bond donors (Lipinski definition) is 1. The van der Waals surface area contributed by atoms with Crippen molar-refractivity contribution in [2.75, 3.05) is 12.3 Å². The van der Waals surface area contributed by atoms with Gasteiger partial charge in [0.15, 0.2) is 0 Å². The van der Waals surface area contributed by atoms with E-state index in [1.54, 1.807) is 0 Å². The molecule has 11 heavy (non-hydrogen) atoms. The average Bonchev–Trinajstić information content (AvgIpc) is 2.29. The molecule has 2 atom stereocenters. The van der Waals surface area contributed by atoms with Crippen LogP contribution in [0.4, 0.5) is 0 Å².